The SMILES string of the molecule is Cl.O=C1NCCc2[nH]c(-c3ccc(O)c(-c4cnc5ccccc5c4)c3)cc21. The quantitative estimate of drug-likeness (QED) is 0.476. The number of amides is 1. The standard InChI is InChI=1S/C22H17N3O2.ClH/c26-21-6-5-14(20-11-17-19(25-20)7-8-23-22(17)27)10-16(21)15-9-13-3-1-2-4-18(13)24-12-15;/h1-6,9-12,25-26H,7-8H2,(H,23,27);1H. The number of nitrogens with zero attached hydrogens (tertiary/aromatic N) is 1. The second-order valence-corrected chi connectivity index (χ2v) is 6.73. The number of aromatic amines is 1. The predicted molar refractivity (Wildman–Crippen MR) is 112 cm³/mol. The molecule has 4 aromatic rings. The van der Waals surface area contributed by atoms with Crippen molar-refractivity contribution in [2.45, 2.75) is 6.42 Å². The van der Waals surface area contributed by atoms with Crippen LogP contribution in [-0.2, 0) is 6.42 Å². The maximum absolute atomic E-state index is 12.0. The molecule has 0 bridgehead atoms. The summed E-state index contributed by atoms with van der Waals surface area (Å²) in [4.78, 5) is 19.9. The molecule has 0 saturated carbocycles. The number of nitrogens with one attached hydrogen (secondary N) is 2. The van der Waals surface area contributed by atoms with E-state index in [1.54, 1.807) is 12.3 Å². The highest BCUT2D eigenvalue weighted by molar-refractivity contribution is 5.98. The van der Waals surface area contributed by atoms with Crippen molar-refractivity contribution < 1.29 is 9.90 Å². The molecule has 28 heavy (non-hydrogen) atoms. The van der Waals surface area contributed by atoms with Crippen LogP contribution in [0, 0.1) is 0 Å². The molecule has 2 aromatic heterocycles. The number of para-hydroxylation sites is 1. The Morgan fingerprint density at radius 3 is 2.68 bits per heavy atom. The smallest absolute Gasteiger partial charge is 0.253 e. The van der Waals surface area contributed by atoms with Crippen molar-refractivity contribution in [3.8, 4) is 28.1 Å². The van der Waals surface area contributed by atoms with Crippen LogP contribution in [0.1, 0.15) is 16.1 Å². The van der Waals surface area contributed by atoms with Crippen molar-refractivity contribution in [3.63, 3.8) is 0 Å². The Balaban J connectivity index is 0.00000192. The van der Waals surface area contributed by atoms with E-state index in [0.29, 0.717) is 17.7 Å². The van der Waals surface area contributed by atoms with Crippen LogP contribution >= 0.6 is 12.4 Å². The number of pyridine rings is 1. The van der Waals surface area contributed by atoms with Gasteiger partial charge in [-0.05, 0) is 42.0 Å². The minimum atomic E-state index is -0.0449. The summed E-state index contributed by atoms with van der Waals surface area (Å²) in [7, 11) is 0. The van der Waals surface area contributed by atoms with Gasteiger partial charge in [0.25, 0.3) is 5.91 Å². The lowest BCUT2D eigenvalue weighted by molar-refractivity contribution is 0.0946. The molecular weight excluding hydrogens is 374 g/mol. The molecule has 3 heterocycles. The monoisotopic (exact) mass is 391 g/mol. The van der Waals surface area contributed by atoms with E-state index < -0.39 is 0 Å². The number of halogens is 1. The molecule has 0 aliphatic carbocycles. The lowest BCUT2D eigenvalue weighted by atomic mass is 10.0. The highest BCUT2D eigenvalue weighted by Crippen LogP contribution is 2.35. The highest BCUT2D eigenvalue weighted by atomic mass is 35.5. The van der Waals surface area contributed by atoms with Crippen LogP contribution in [0.3, 0.4) is 0 Å². The van der Waals surface area contributed by atoms with E-state index in [0.717, 1.165) is 39.8 Å². The van der Waals surface area contributed by atoms with Gasteiger partial charge in [0.1, 0.15) is 5.75 Å². The zero-order chi connectivity index (χ0) is 18.4. The van der Waals surface area contributed by atoms with Crippen LogP contribution in [0.4, 0.5) is 0 Å². The Morgan fingerprint density at radius 1 is 0.964 bits per heavy atom. The summed E-state index contributed by atoms with van der Waals surface area (Å²) in [6, 6.07) is 17.2. The van der Waals surface area contributed by atoms with Gasteiger partial charge in [0.15, 0.2) is 0 Å². The number of carbonyl (C=O) groups is 1. The lowest BCUT2D eigenvalue weighted by Crippen LogP contribution is -2.31. The average molecular weight is 392 g/mol. The van der Waals surface area contributed by atoms with Gasteiger partial charge < -0.3 is 15.4 Å². The number of benzene rings is 2. The molecule has 1 aliphatic heterocycles. The van der Waals surface area contributed by atoms with Gasteiger partial charge in [-0.25, -0.2) is 0 Å². The highest BCUT2D eigenvalue weighted by Gasteiger charge is 2.20. The van der Waals surface area contributed by atoms with E-state index in [1.807, 2.05) is 48.5 Å². The van der Waals surface area contributed by atoms with Crippen molar-refractivity contribution in [1.82, 2.24) is 15.3 Å². The van der Waals surface area contributed by atoms with Gasteiger partial charge >= 0.3 is 0 Å². The average Bonchev–Trinajstić information content (AvgIpc) is 3.14. The van der Waals surface area contributed by atoms with Crippen LogP contribution in [-0.4, -0.2) is 27.5 Å². The Hall–Kier alpha value is -3.31. The summed E-state index contributed by atoms with van der Waals surface area (Å²) >= 11 is 0. The second kappa shape index (κ2) is 7.02. The molecule has 0 atom stereocenters. The zero-order valence-corrected chi connectivity index (χ0v) is 15.7. The summed E-state index contributed by atoms with van der Waals surface area (Å²) in [5.74, 6) is 0.154. The Bertz CT molecular complexity index is 1200. The van der Waals surface area contributed by atoms with Crippen LogP contribution in [0.25, 0.3) is 33.3 Å². The van der Waals surface area contributed by atoms with Crippen molar-refractivity contribution >= 4 is 29.2 Å². The molecule has 0 spiro atoms. The van der Waals surface area contributed by atoms with Crippen molar-refractivity contribution in [1.29, 1.82) is 0 Å². The van der Waals surface area contributed by atoms with Gasteiger partial charge in [0.05, 0.1) is 11.1 Å². The molecule has 1 amide bonds. The van der Waals surface area contributed by atoms with E-state index >= 15 is 0 Å². The van der Waals surface area contributed by atoms with Gasteiger partial charge in [0, 0.05) is 47.1 Å². The minimum Gasteiger partial charge on any atom is -0.507 e. The third-order valence-corrected chi connectivity index (χ3v) is 5.01. The van der Waals surface area contributed by atoms with Crippen LogP contribution in [0.15, 0.2) is 60.8 Å². The molecule has 1 aliphatic rings. The number of H-pyrrole nitrogens is 1. The number of phenols is 1. The molecule has 3 N–H and O–H groups in total. The first-order valence-corrected chi connectivity index (χ1v) is 8.88. The van der Waals surface area contributed by atoms with Crippen LogP contribution in [0.5, 0.6) is 5.75 Å². The number of aromatic hydroxyl groups is 1. The van der Waals surface area contributed by atoms with E-state index in [1.165, 1.54) is 0 Å². The topological polar surface area (TPSA) is 78.0 Å². The van der Waals surface area contributed by atoms with Crippen molar-refractivity contribution in [2.24, 2.45) is 0 Å². The van der Waals surface area contributed by atoms with Gasteiger partial charge in [-0.2, -0.15) is 0 Å². The Morgan fingerprint density at radius 2 is 1.82 bits per heavy atom. The zero-order valence-electron chi connectivity index (χ0n) is 14.9. The first kappa shape index (κ1) is 18.1. The summed E-state index contributed by atoms with van der Waals surface area (Å²) in [5, 5.41) is 14.3. The largest absolute Gasteiger partial charge is 0.507 e. The molecule has 2 aromatic carbocycles. The van der Waals surface area contributed by atoms with Crippen molar-refractivity contribution in [2.75, 3.05) is 6.54 Å². The molecule has 0 saturated heterocycles. The minimum absolute atomic E-state index is 0. The van der Waals surface area contributed by atoms with Crippen LogP contribution in [0.2, 0.25) is 0 Å². The van der Waals surface area contributed by atoms with Gasteiger partial charge in [-0.1, -0.05) is 18.2 Å². The number of phenolic OH excluding ortho intramolecular Hbond substituents is 1. The molecule has 0 radical (unpaired) electrons. The van der Waals surface area contributed by atoms with E-state index in [-0.39, 0.29) is 24.1 Å². The number of rotatable bonds is 2. The molecule has 140 valence electrons. The molecular formula is C22H18ClN3O2. The Kier molecular flexibility index (Phi) is 4.53. The van der Waals surface area contributed by atoms with E-state index in [2.05, 4.69) is 15.3 Å². The number of hydrogen-bond donors (Lipinski definition) is 3. The maximum atomic E-state index is 12.0. The number of carbonyl (C=O) groups excluding carboxylic acids is 1. The molecule has 6 heteroatoms. The third kappa shape index (κ3) is 3.00. The van der Waals surface area contributed by atoms with E-state index in [9.17, 15) is 9.90 Å². The van der Waals surface area contributed by atoms with Gasteiger partial charge in [0.2, 0.25) is 0 Å². The number of aromatic nitrogens is 2. The van der Waals surface area contributed by atoms with Crippen LogP contribution < -0.4 is 5.32 Å². The third-order valence-electron chi connectivity index (χ3n) is 5.01. The van der Waals surface area contributed by atoms with Gasteiger partial charge in [-0.15, -0.1) is 12.4 Å². The fourth-order valence-electron chi connectivity index (χ4n) is 3.60. The summed E-state index contributed by atoms with van der Waals surface area (Å²) in [5.41, 5.74) is 5.91. The first-order chi connectivity index (χ1) is 13.2. The molecule has 0 unspecified atom stereocenters. The second-order valence-electron chi connectivity index (χ2n) is 6.73. The van der Waals surface area contributed by atoms with Gasteiger partial charge in [-0.3, -0.25) is 9.78 Å². The number of hydrogen-bond acceptors (Lipinski definition) is 3. The Labute approximate surface area is 167 Å². The summed E-state index contributed by atoms with van der Waals surface area (Å²) < 4.78 is 0. The van der Waals surface area contributed by atoms with E-state index in [4.69, 9.17) is 0 Å². The molecule has 5 rings (SSSR count). The fraction of sp³-hybridized carbons (Fsp3) is 0.0909. The summed E-state index contributed by atoms with van der Waals surface area (Å²) in [6.07, 6.45) is 2.56. The predicted octanol–water partition coefficient (Wildman–Crippen LogP) is 4.31. The molecule has 0 fully saturated rings. The first-order valence-electron chi connectivity index (χ1n) is 8.88. The number of fused-ring (bicyclic) bond motifs is 2. The fourth-order valence-corrected chi connectivity index (χ4v) is 3.60. The molecule has 5 nitrogen and oxygen atoms in total. The maximum Gasteiger partial charge on any atom is 0.253 e. The van der Waals surface area contributed by atoms with Crippen molar-refractivity contribution in [3.05, 3.63) is 72.1 Å². The lowest BCUT2D eigenvalue weighted by Gasteiger charge is -2.11. The summed E-state index contributed by atoms with van der Waals surface area (Å²) in [6.45, 7) is 0.648. The normalized spacial score (nSPS) is 12.9.